The summed E-state index contributed by atoms with van der Waals surface area (Å²) in [6.07, 6.45) is 5.75. The van der Waals surface area contributed by atoms with Gasteiger partial charge in [-0.05, 0) is 30.4 Å². The Bertz CT molecular complexity index is 607. The van der Waals surface area contributed by atoms with Gasteiger partial charge in [0.05, 0.1) is 18.1 Å². The summed E-state index contributed by atoms with van der Waals surface area (Å²) < 4.78 is 4.89. The molecule has 3 N–H and O–H groups in total. The van der Waals surface area contributed by atoms with Crippen molar-refractivity contribution in [1.82, 2.24) is 10.9 Å². The second kappa shape index (κ2) is 5.08. The number of carbonyl (C=O) groups excluding carboxylic acids is 2. The van der Waals surface area contributed by atoms with E-state index >= 15 is 0 Å². The summed E-state index contributed by atoms with van der Waals surface area (Å²) >= 11 is 0. The maximum Gasteiger partial charge on any atom is 0.307 e. The van der Waals surface area contributed by atoms with E-state index in [1.807, 2.05) is 12.2 Å². The Labute approximate surface area is 120 Å². The number of nitrogens with one attached hydrogen (secondary N) is 2. The highest BCUT2D eigenvalue weighted by Crippen LogP contribution is 2.48. The van der Waals surface area contributed by atoms with Crippen LogP contribution in [0, 0.1) is 23.7 Å². The van der Waals surface area contributed by atoms with Crippen LogP contribution in [-0.4, -0.2) is 22.9 Å². The lowest BCUT2D eigenvalue weighted by molar-refractivity contribution is -0.148. The van der Waals surface area contributed by atoms with Crippen LogP contribution in [0.2, 0.25) is 0 Å². The second-order valence-electron chi connectivity index (χ2n) is 5.26. The highest BCUT2D eigenvalue weighted by Gasteiger charge is 2.51. The Kier molecular flexibility index (Phi) is 3.25. The van der Waals surface area contributed by atoms with Crippen molar-refractivity contribution in [3.8, 4) is 0 Å². The van der Waals surface area contributed by atoms with Crippen LogP contribution >= 0.6 is 0 Å². The molecule has 4 atom stereocenters. The minimum Gasteiger partial charge on any atom is -0.481 e. The van der Waals surface area contributed by atoms with Gasteiger partial charge in [-0.3, -0.25) is 25.2 Å². The zero-order valence-electron chi connectivity index (χ0n) is 11.0. The number of hydrogen-bond donors (Lipinski definition) is 3. The van der Waals surface area contributed by atoms with E-state index < -0.39 is 29.6 Å². The maximum atomic E-state index is 12.2. The van der Waals surface area contributed by atoms with Gasteiger partial charge in [0.1, 0.15) is 0 Å². The van der Waals surface area contributed by atoms with Gasteiger partial charge in [0.2, 0.25) is 5.91 Å². The third kappa shape index (κ3) is 2.31. The van der Waals surface area contributed by atoms with Crippen LogP contribution < -0.4 is 10.9 Å². The van der Waals surface area contributed by atoms with E-state index in [1.54, 1.807) is 6.07 Å². The predicted molar refractivity (Wildman–Crippen MR) is 69.7 cm³/mol. The van der Waals surface area contributed by atoms with Gasteiger partial charge in [0, 0.05) is 0 Å². The molecule has 1 saturated carbocycles. The quantitative estimate of drug-likeness (QED) is 0.557. The molecule has 0 saturated heterocycles. The van der Waals surface area contributed by atoms with Crippen molar-refractivity contribution in [2.24, 2.45) is 23.7 Å². The van der Waals surface area contributed by atoms with Crippen LogP contribution in [0.4, 0.5) is 0 Å². The fourth-order valence-electron chi connectivity index (χ4n) is 3.19. The molecule has 7 nitrogen and oxygen atoms in total. The number of fused-ring (bicyclic) bond motifs is 2. The van der Waals surface area contributed by atoms with Crippen LogP contribution in [0.3, 0.4) is 0 Å². The fraction of sp³-hybridized carbons (Fsp3) is 0.357. The monoisotopic (exact) mass is 290 g/mol. The van der Waals surface area contributed by atoms with Crippen molar-refractivity contribution in [3.63, 3.8) is 0 Å². The molecular formula is C14H14N2O5. The van der Waals surface area contributed by atoms with Crippen molar-refractivity contribution in [3.05, 3.63) is 36.3 Å². The van der Waals surface area contributed by atoms with Crippen molar-refractivity contribution in [1.29, 1.82) is 0 Å². The number of hydrazine groups is 1. The van der Waals surface area contributed by atoms with Gasteiger partial charge in [-0.15, -0.1) is 0 Å². The molecule has 0 radical (unpaired) electrons. The molecule has 0 unspecified atom stereocenters. The summed E-state index contributed by atoms with van der Waals surface area (Å²) in [4.78, 5) is 35.1. The van der Waals surface area contributed by atoms with E-state index in [0.29, 0.717) is 6.42 Å². The van der Waals surface area contributed by atoms with Gasteiger partial charge >= 0.3 is 11.9 Å². The molecule has 2 aliphatic rings. The van der Waals surface area contributed by atoms with Gasteiger partial charge in [-0.2, -0.15) is 0 Å². The van der Waals surface area contributed by atoms with Crippen LogP contribution in [0.1, 0.15) is 17.0 Å². The molecule has 21 heavy (non-hydrogen) atoms. The third-order valence-corrected chi connectivity index (χ3v) is 4.09. The summed E-state index contributed by atoms with van der Waals surface area (Å²) in [6, 6.07) is 3.01. The Morgan fingerprint density at radius 3 is 2.48 bits per heavy atom. The Morgan fingerprint density at radius 2 is 1.86 bits per heavy atom. The maximum absolute atomic E-state index is 12.2. The van der Waals surface area contributed by atoms with Crippen LogP contribution in [-0.2, 0) is 9.59 Å². The third-order valence-electron chi connectivity index (χ3n) is 4.09. The normalized spacial score (nSPS) is 29.3. The van der Waals surface area contributed by atoms with Gasteiger partial charge < -0.3 is 9.52 Å². The number of furan rings is 1. The van der Waals surface area contributed by atoms with E-state index in [-0.39, 0.29) is 17.6 Å². The highest BCUT2D eigenvalue weighted by atomic mass is 16.4. The largest absolute Gasteiger partial charge is 0.481 e. The molecule has 1 aromatic heterocycles. The highest BCUT2D eigenvalue weighted by molar-refractivity contribution is 5.94. The molecule has 0 aliphatic heterocycles. The minimum absolute atomic E-state index is 0.0675. The average molecular weight is 290 g/mol. The predicted octanol–water partition coefficient (Wildman–Crippen LogP) is 0.563. The van der Waals surface area contributed by atoms with E-state index in [2.05, 4.69) is 10.9 Å². The van der Waals surface area contributed by atoms with Gasteiger partial charge in [-0.25, -0.2) is 0 Å². The Hall–Kier alpha value is -2.57. The first-order valence-electron chi connectivity index (χ1n) is 6.62. The number of hydrogen-bond acceptors (Lipinski definition) is 4. The standard InChI is InChI=1S/C14H14N2O5/c17-12(9-2-1-5-21-9)15-16-13(18)10-7-3-4-8(6-7)11(10)14(19)20/h1-5,7-8,10-11H,6H2,(H,15,17)(H,16,18)(H,19,20)/t7-,8-,10+,11+/m0/s1. The molecular weight excluding hydrogens is 276 g/mol. The molecule has 1 fully saturated rings. The lowest BCUT2D eigenvalue weighted by atomic mass is 9.82. The molecule has 3 rings (SSSR count). The number of carbonyl (C=O) groups is 3. The number of rotatable bonds is 3. The zero-order valence-corrected chi connectivity index (χ0v) is 11.0. The van der Waals surface area contributed by atoms with E-state index in [1.165, 1.54) is 12.3 Å². The van der Waals surface area contributed by atoms with E-state index in [9.17, 15) is 19.5 Å². The second-order valence-corrected chi connectivity index (χ2v) is 5.26. The van der Waals surface area contributed by atoms with E-state index in [4.69, 9.17) is 4.42 Å². The summed E-state index contributed by atoms with van der Waals surface area (Å²) in [7, 11) is 0. The average Bonchev–Trinajstić information content (AvgIpc) is 3.17. The molecule has 0 aromatic carbocycles. The van der Waals surface area contributed by atoms with E-state index in [0.717, 1.165) is 0 Å². The first-order valence-corrected chi connectivity index (χ1v) is 6.62. The lowest BCUT2D eigenvalue weighted by Crippen LogP contribution is -2.48. The summed E-state index contributed by atoms with van der Waals surface area (Å²) in [5.41, 5.74) is 4.52. The smallest absolute Gasteiger partial charge is 0.307 e. The number of allylic oxidation sites excluding steroid dienone is 2. The van der Waals surface area contributed by atoms with Crippen LogP contribution in [0.25, 0.3) is 0 Å². The molecule has 0 spiro atoms. The molecule has 1 aromatic rings. The molecule has 1 heterocycles. The number of aliphatic carboxylic acids is 1. The lowest BCUT2D eigenvalue weighted by Gasteiger charge is -2.23. The van der Waals surface area contributed by atoms with Gasteiger partial charge in [0.15, 0.2) is 5.76 Å². The van der Waals surface area contributed by atoms with Crippen LogP contribution in [0.5, 0.6) is 0 Å². The molecule has 110 valence electrons. The summed E-state index contributed by atoms with van der Waals surface area (Å²) in [5.74, 6) is -3.57. The SMILES string of the molecule is O=C(NNC(=O)[C@H]1[C@H](C(=O)O)[C@H]2C=C[C@H]1C2)c1ccco1. The summed E-state index contributed by atoms with van der Waals surface area (Å²) in [6.45, 7) is 0. The fourth-order valence-corrected chi connectivity index (χ4v) is 3.19. The Morgan fingerprint density at radius 1 is 1.14 bits per heavy atom. The van der Waals surface area contributed by atoms with Crippen molar-refractivity contribution in [2.75, 3.05) is 0 Å². The van der Waals surface area contributed by atoms with Crippen LogP contribution in [0.15, 0.2) is 35.0 Å². The molecule has 2 aliphatic carbocycles. The Balaban J connectivity index is 1.64. The number of carboxylic acid groups (broad SMARTS) is 1. The van der Waals surface area contributed by atoms with Gasteiger partial charge in [-0.1, -0.05) is 12.2 Å². The number of amides is 2. The molecule has 2 bridgehead atoms. The van der Waals surface area contributed by atoms with Crippen molar-refractivity contribution >= 4 is 17.8 Å². The first-order chi connectivity index (χ1) is 10.1. The number of carboxylic acids is 1. The topological polar surface area (TPSA) is 109 Å². The zero-order chi connectivity index (χ0) is 15.0. The van der Waals surface area contributed by atoms with Crippen molar-refractivity contribution < 1.29 is 23.9 Å². The molecule has 7 heteroatoms. The van der Waals surface area contributed by atoms with Gasteiger partial charge in [0.25, 0.3) is 0 Å². The van der Waals surface area contributed by atoms with Crippen molar-refractivity contribution in [2.45, 2.75) is 6.42 Å². The first kappa shape index (κ1) is 13.4. The minimum atomic E-state index is -0.982. The molecule has 2 amide bonds. The summed E-state index contributed by atoms with van der Waals surface area (Å²) in [5, 5.41) is 9.27.